The van der Waals surface area contributed by atoms with Crippen LogP contribution in [0.3, 0.4) is 0 Å². The number of nitrogens with two attached hydrogens (primary N) is 1. The molecule has 2 atom stereocenters. The number of rotatable bonds is 7. The standard InChI is InChI=1S/C30H33N5O3S.H2O3S/c1-21(33-39(37,38)26-16-15-23-9-2-3-11-25(23)18-26)29(36)35(20-22-8-7-17-34(19-22)30(31)32)28-14-6-12-24-10-4-5-13-27(24)28;1-4(2)3/h2-6,9-16,18,21-22,33H,7-8,17,19-20H2,1H3,(H3,31,32);(H2,1,2,3)/t21-,22?;/m1./s1. The van der Waals surface area contributed by atoms with Crippen LogP contribution in [0, 0.1) is 11.3 Å². The van der Waals surface area contributed by atoms with Crippen LogP contribution in [0.5, 0.6) is 0 Å². The molecule has 0 aromatic heterocycles. The fourth-order valence-electron chi connectivity index (χ4n) is 5.36. The van der Waals surface area contributed by atoms with Crippen molar-refractivity contribution < 1.29 is 26.5 Å². The van der Waals surface area contributed by atoms with E-state index in [1.54, 1.807) is 30.0 Å². The van der Waals surface area contributed by atoms with Crippen LogP contribution < -0.4 is 15.4 Å². The summed E-state index contributed by atoms with van der Waals surface area (Å²) in [7, 11) is -3.96. The van der Waals surface area contributed by atoms with Crippen molar-refractivity contribution in [2.75, 3.05) is 24.5 Å². The maximum absolute atomic E-state index is 14.0. The molecule has 1 aliphatic rings. The van der Waals surface area contributed by atoms with Gasteiger partial charge in [0.15, 0.2) is 5.96 Å². The third kappa shape index (κ3) is 8.15. The predicted octanol–water partition coefficient (Wildman–Crippen LogP) is 3.98. The minimum absolute atomic E-state index is 0.0271. The van der Waals surface area contributed by atoms with Crippen LogP contribution >= 0.6 is 0 Å². The normalized spacial score (nSPS) is 16.0. The molecule has 4 aromatic carbocycles. The highest BCUT2D eigenvalue weighted by atomic mass is 32.2. The number of nitrogens with one attached hydrogen (secondary N) is 2. The highest BCUT2D eigenvalue weighted by Gasteiger charge is 2.31. The lowest BCUT2D eigenvalue weighted by Crippen LogP contribution is -2.51. The molecule has 0 spiro atoms. The van der Waals surface area contributed by atoms with Gasteiger partial charge in [-0.05, 0) is 60.0 Å². The van der Waals surface area contributed by atoms with Crippen molar-refractivity contribution in [1.29, 1.82) is 5.41 Å². The summed E-state index contributed by atoms with van der Waals surface area (Å²) in [5.74, 6) is -0.232. The summed E-state index contributed by atoms with van der Waals surface area (Å²) in [6.07, 6.45) is 1.75. The molecular formula is C30H35N5O6S2. The number of sulfonamides is 1. The smallest absolute Gasteiger partial charge is 0.299 e. The van der Waals surface area contributed by atoms with Crippen molar-refractivity contribution in [2.24, 2.45) is 11.7 Å². The first-order chi connectivity index (χ1) is 20.5. The minimum atomic E-state index is -3.96. The molecule has 43 heavy (non-hydrogen) atoms. The van der Waals surface area contributed by atoms with E-state index >= 15 is 0 Å². The maximum Gasteiger partial charge on any atom is 0.299 e. The molecule has 6 N–H and O–H groups in total. The van der Waals surface area contributed by atoms with Crippen molar-refractivity contribution in [3.63, 3.8) is 0 Å². The molecule has 1 saturated heterocycles. The van der Waals surface area contributed by atoms with E-state index in [0.717, 1.165) is 46.6 Å². The Morgan fingerprint density at radius 2 is 1.67 bits per heavy atom. The monoisotopic (exact) mass is 625 g/mol. The average molecular weight is 626 g/mol. The van der Waals surface area contributed by atoms with E-state index in [1.165, 1.54) is 0 Å². The van der Waals surface area contributed by atoms with E-state index in [-0.39, 0.29) is 22.7 Å². The van der Waals surface area contributed by atoms with Crippen LogP contribution in [0.15, 0.2) is 89.8 Å². The van der Waals surface area contributed by atoms with Crippen molar-refractivity contribution >= 4 is 60.5 Å². The lowest BCUT2D eigenvalue weighted by Gasteiger charge is -2.37. The molecule has 0 bridgehead atoms. The van der Waals surface area contributed by atoms with Gasteiger partial charge in [-0.1, -0.05) is 66.7 Å². The molecule has 0 radical (unpaired) electrons. The average Bonchev–Trinajstić information content (AvgIpc) is 2.98. The number of nitrogens with zero attached hydrogens (tertiary/aromatic N) is 2. The molecule has 11 nitrogen and oxygen atoms in total. The number of benzene rings is 4. The van der Waals surface area contributed by atoms with Gasteiger partial charge in [0.2, 0.25) is 15.9 Å². The van der Waals surface area contributed by atoms with Crippen molar-refractivity contribution in [2.45, 2.75) is 30.7 Å². The number of carbonyl (C=O) groups excluding carboxylic acids is 1. The van der Waals surface area contributed by atoms with Crippen LogP contribution in [-0.4, -0.2) is 64.2 Å². The number of hydrogen-bond donors (Lipinski definition) is 5. The van der Waals surface area contributed by atoms with E-state index < -0.39 is 27.4 Å². The van der Waals surface area contributed by atoms with E-state index in [2.05, 4.69) is 4.72 Å². The lowest BCUT2D eigenvalue weighted by atomic mass is 9.96. The van der Waals surface area contributed by atoms with Gasteiger partial charge in [-0.2, -0.15) is 8.93 Å². The number of hydrogen-bond acceptors (Lipinski definition) is 5. The molecule has 228 valence electrons. The topological polar surface area (TPSA) is 177 Å². The Morgan fingerprint density at radius 1 is 1.05 bits per heavy atom. The molecule has 1 aliphatic heterocycles. The van der Waals surface area contributed by atoms with Gasteiger partial charge in [0, 0.05) is 25.0 Å². The number of fused-ring (bicyclic) bond motifs is 2. The summed E-state index contributed by atoms with van der Waals surface area (Å²) >= 11 is -2.61. The van der Waals surface area contributed by atoms with Crippen LogP contribution in [-0.2, 0) is 26.2 Å². The first-order valence-corrected chi connectivity index (χ1v) is 16.2. The number of amides is 1. The zero-order chi connectivity index (χ0) is 31.1. The van der Waals surface area contributed by atoms with E-state index in [9.17, 15) is 13.2 Å². The maximum atomic E-state index is 14.0. The molecule has 13 heteroatoms. The van der Waals surface area contributed by atoms with Gasteiger partial charge in [-0.3, -0.25) is 19.3 Å². The second-order valence-corrected chi connectivity index (χ2v) is 12.5. The van der Waals surface area contributed by atoms with Gasteiger partial charge in [0.1, 0.15) is 0 Å². The first kappa shape index (κ1) is 32.0. The quantitative estimate of drug-likeness (QED) is 0.116. The van der Waals surface area contributed by atoms with Gasteiger partial charge in [-0.25, -0.2) is 8.42 Å². The van der Waals surface area contributed by atoms with Gasteiger partial charge in [0.25, 0.3) is 11.4 Å². The van der Waals surface area contributed by atoms with E-state index in [1.807, 2.05) is 71.6 Å². The zero-order valence-electron chi connectivity index (χ0n) is 23.6. The molecule has 1 fully saturated rings. The highest BCUT2D eigenvalue weighted by molar-refractivity contribution is 7.89. The van der Waals surface area contributed by atoms with Gasteiger partial charge in [-0.15, -0.1) is 0 Å². The van der Waals surface area contributed by atoms with Crippen molar-refractivity contribution in [3.05, 3.63) is 84.9 Å². The Hall–Kier alpha value is -3.88. The molecule has 5 rings (SSSR count). The zero-order valence-corrected chi connectivity index (χ0v) is 25.2. The van der Waals surface area contributed by atoms with Gasteiger partial charge >= 0.3 is 0 Å². The SMILES string of the molecule is C[C@@H](NS(=O)(=O)c1ccc2ccccc2c1)C(=O)N(CC1CCCN(C(=N)N)C1)c1cccc2ccccc12.O=S(O)O. The van der Waals surface area contributed by atoms with Gasteiger partial charge in [0.05, 0.1) is 16.6 Å². The van der Waals surface area contributed by atoms with Crippen molar-refractivity contribution in [1.82, 2.24) is 9.62 Å². The fourth-order valence-corrected chi connectivity index (χ4v) is 6.59. The summed E-state index contributed by atoms with van der Waals surface area (Å²) in [5, 5.41) is 11.5. The number of anilines is 1. The molecular weight excluding hydrogens is 590 g/mol. The first-order valence-electron chi connectivity index (χ1n) is 13.7. The highest BCUT2D eigenvalue weighted by Crippen LogP contribution is 2.30. The second-order valence-electron chi connectivity index (χ2n) is 10.4. The number of likely N-dealkylation sites (tertiary alicyclic amines) is 1. The van der Waals surface area contributed by atoms with Crippen molar-refractivity contribution in [3.8, 4) is 0 Å². The Kier molecular flexibility index (Phi) is 10.5. The summed E-state index contributed by atoms with van der Waals surface area (Å²) in [5.41, 5.74) is 6.50. The summed E-state index contributed by atoms with van der Waals surface area (Å²) in [6.45, 7) is 3.26. The molecule has 1 unspecified atom stereocenters. The van der Waals surface area contributed by atoms with Crippen LogP contribution in [0.4, 0.5) is 5.69 Å². The summed E-state index contributed by atoms with van der Waals surface area (Å²) in [4.78, 5) is 17.7. The Bertz CT molecular complexity index is 1740. The predicted molar refractivity (Wildman–Crippen MR) is 170 cm³/mol. The van der Waals surface area contributed by atoms with Crippen LogP contribution in [0.25, 0.3) is 21.5 Å². The van der Waals surface area contributed by atoms with E-state index in [4.69, 9.17) is 24.5 Å². The third-order valence-corrected chi connectivity index (χ3v) is 8.90. The summed E-state index contributed by atoms with van der Waals surface area (Å²) < 4.78 is 52.1. The second kappa shape index (κ2) is 14.1. The van der Waals surface area contributed by atoms with Gasteiger partial charge < -0.3 is 15.5 Å². The number of carbonyl (C=O) groups is 1. The molecule has 1 heterocycles. The molecule has 1 amide bonds. The number of guanidine groups is 1. The Labute approximate surface area is 253 Å². The molecule has 4 aromatic rings. The number of piperidine rings is 1. The minimum Gasteiger partial charge on any atom is -0.370 e. The Morgan fingerprint density at radius 3 is 2.37 bits per heavy atom. The third-order valence-electron chi connectivity index (χ3n) is 7.36. The van der Waals surface area contributed by atoms with Crippen LogP contribution in [0.2, 0.25) is 0 Å². The lowest BCUT2D eigenvalue weighted by molar-refractivity contribution is -0.120. The molecule has 0 saturated carbocycles. The largest absolute Gasteiger partial charge is 0.370 e. The van der Waals surface area contributed by atoms with E-state index in [0.29, 0.717) is 13.1 Å². The molecule has 0 aliphatic carbocycles. The Balaban J connectivity index is 0.000000996. The fraction of sp³-hybridized carbons (Fsp3) is 0.267. The van der Waals surface area contributed by atoms with Crippen LogP contribution in [0.1, 0.15) is 19.8 Å². The summed E-state index contributed by atoms with van der Waals surface area (Å²) in [6, 6.07) is 25.1.